The molecule has 3 N–H and O–H groups in total. The van der Waals surface area contributed by atoms with Crippen molar-refractivity contribution < 1.29 is 4.79 Å². The third-order valence-electron chi connectivity index (χ3n) is 3.33. The first-order chi connectivity index (χ1) is 9.52. The SMILES string of the molecule is Cc1sc(=O)n(Cc2ccccc2CC(=O)NN)c1C. The highest BCUT2D eigenvalue weighted by Crippen LogP contribution is 2.15. The normalized spacial score (nSPS) is 10.6. The molecule has 0 bridgehead atoms. The topological polar surface area (TPSA) is 77.1 Å². The molecule has 1 heterocycles. The highest BCUT2D eigenvalue weighted by molar-refractivity contribution is 7.09. The maximum Gasteiger partial charge on any atom is 0.307 e. The fourth-order valence-corrected chi connectivity index (χ4v) is 2.88. The number of benzene rings is 1. The minimum Gasteiger partial charge on any atom is -0.299 e. The molecule has 1 amide bonds. The first-order valence-corrected chi connectivity index (χ1v) is 7.07. The zero-order valence-electron chi connectivity index (χ0n) is 11.5. The van der Waals surface area contributed by atoms with Crippen LogP contribution in [-0.4, -0.2) is 10.5 Å². The molecule has 1 aromatic carbocycles. The predicted molar refractivity (Wildman–Crippen MR) is 79.6 cm³/mol. The molecule has 0 saturated heterocycles. The smallest absolute Gasteiger partial charge is 0.299 e. The van der Waals surface area contributed by atoms with Crippen LogP contribution < -0.4 is 16.1 Å². The van der Waals surface area contributed by atoms with Crippen molar-refractivity contribution in [3.63, 3.8) is 0 Å². The van der Waals surface area contributed by atoms with Gasteiger partial charge >= 0.3 is 4.87 Å². The summed E-state index contributed by atoms with van der Waals surface area (Å²) in [5.41, 5.74) is 4.93. The van der Waals surface area contributed by atoms with Crippen LogP contribution in [0.5, 0.6) is 0 Å². The van der Waals surface area contributed by atoms with Crippen LogP contribution in [0, 0.1) is 13.8 Å². The van der Waals surface area contributed by atoms with Crippen LogP contribution in [0.2, 0.25) is 0 Å². The van der Waals surface area contributed by atoms with Crippen LogP contribution in [-0.2, 0) is 17.8 Å². The van der Waals surface area contributed by atoms with Crippen LogP contribution in [0.4, 0.5) is 0 Å². The van der Waals surface area contributed by atoms with E-state index >= 15 is 0 Å². The summed E-state index contributed by atoms with van der Waals surface area (Å²) in [7, 11) is 0. The van der Waals surface area contributed by atoms with Crippen LogP contribution in [0.25, 0.3) is 0 Å². The molecule has 0 unspecified atom stereocenters. The predicted octanol–water partition coefficient (Wildman–Crippen LogP) is 1.11. The van der Waals surface area contributed by atoms with Crippen molar-refractivity contribution in [2.24, 2.45) is 5.84 Å². The maximum atomic E-state index is 11.9. The Balaban J connectivity index is 2.34. The number of hydrazine groups is 1. The number of hydrogen-bond donors (Lipinski definition) is 2. The van der Waals surface area contributed by atoms with Gasteiger partial charge in [0.1, 0.15) is 0 Å². The molecule has 106 valence electrons. The Kier molecular flexibility index (Phi) is 4.36. The molecule has 0 radical (unpaired) electrons. The van der Waals surface area contributed by atoms with Gasteiger partial charge in [0, 0.05) is 10.6 Å². The van der Waals surface area contributed by atoms with Crippen molar-refractivity contribution in [2.75, 3.05) is 0 Å². The van der Waals surface area contributed by atoms with Crippen LogP contribution in [0.3, 0.4) is 0 Å². The number of carbonyl (C=O) groups excluding carboxylic acids is 1. The summed E-state index contributed by atoms with van der Waals surface area (Å²) < 4.78 is 1.74. The highest BCUT2D eigenvalue weighted by atomic mass is 32.1. The number of aromatic nitrogens is 1. The Bertz CT molecular complexity index is 688. The van der Waals surface area contributed by atoms with E-state index in [4.69, 9.17) is 5.84 Å². The fourth-order valence-electron chi connectivity index (χ4n) is 2.05. The molecule has 5 nitrogen and oxygen atoms in total. The third kappa shape index (κ3) is 2.97. The van der Waals surface area contributed by atoms with Gasteiger partial charge in [-0.3, -0.25) is 19.6 Å². The van der Waals surface area contributed by atoms with Gasteiger partial charge in [-0.15, -0.1) is 0 Å². The van der Waals surface area contributed by atoms with Crippen LogP contribution >= 0.6 is 11.3 Å². The standard InChI is InChI=1S/C14H17N3O2S/c1-9-10(2)20-14(19)17(9)8-12-6-4-3-5-11(12)7-13(18)16-15/h3-6H,7-8,15H2,1-2H3,(H,16,18). The zero-order valence-corrected chi connectivity index (χ0v) is 12.3. The highest BCUT2D eigenvalue weighted by Gasteiger charge is 2.11. The molecule has 0 fully saturated rings. The fraction of sp³-hybridized carbons (Fsp3) is 0.286. The summed E-state index contributed by atoms with van der Waals surface area (Å²) in [5, 5.41) is 0. The molecule has 2 aromatic rings. The summed E-state index contributed by atoms with van der Waals surface area (Å²) >= 11 is 1.25. The Labute approximate surface area is 121 Å². The molecule has 0 spiro atoms. The van der Waals surface area contributed by atoms with E-state index in [1.54, 1.807) is 4.57 Å². The van der Waals surface area contributed by atoms with Crippen molar-refractivity contribution in [3.05, 3.63) is 55.6 Å². The summed E-state index contributed by atoms with van der Waals surface area (Å²) in [5.74, 6) is 4.87. The number of nitrogens with two attached hydrogens (primary N) is 1. The monoisotopic (exact) mass is 291 g/mol. The zero-order chi connectivity index (χ0) is 14.7. The van der Waals surface area contributed by atoms with E-state index in [0.717, 1.165) is 21.7 Å². The van der Waals surface area contributed by atoms with Crippen molar-refractivity contribution in [3.8, 4) is 0 Å². The lowest BCUT2D eigenvalue weighted by Crippen LogP contribution is -2.31. The number of aryl methyl sites for hydroxylation is 1. The average Bonchev–Trinajstić information content (AvgIpc) is 2.67. The molecule has 0 aliphatic rings. The van der Waals surface area contributed by atoms with Gasteiger partial charge in [-0.25, -0.2) is 5.84 Å². The van der Waals surface area contributed by atoms with E-state index in [2.05, 4.69) is 5.43 Å². The summed E-state index contributed by atoms with van der Waals surface area (Å²) in [6.07, 6.45) is 0.212. The summed E-state index contributed by atoms with van der Waals surface area (Å²) in [4.78, 5) is 24.4. The van der Waals surface area contributed by atoms with E-state index < -0.39 is 0 Å². The van der Waals surface area contributed by atoms with Gasteiger partial charge in [-0.1, -0.05) is 35.6 Å². The van der Waals surface area contributed by atoms with Crippen molar-refractivity contribution >= 4 is 17.2 Å². The number of thiazole rings is 1. The molecule has 20 heavy (non-hydrogen) atoms. The molecule has 6 heteroatoms. The van der Waals surface area contributed by atoms with E-state index in [9.17, 15) is 9.59 Å². The van der Waals surface area contributed by atoms with Crippen LogP contribution in [0.1, 0.15) is 21.7 Å². The lowest BCUT2D eigenvalue weighted by molar-refractivity contribution is -0.120. The number of carbonyl (C=O) groups is 1. The van der Waals surface area contributed by atoms with Crippen LogP contribution in [0.15, 0.2) is 29.1 Å². The number of nitrogens with one attached hydrogen (secondary N) is 1. The van der Waals surface area contributed by atoms with Gasteiger partial charge in [0.2, 0.25) is 5.91 Å². The Morgan fingerprint density at radius 2 is 1.95 bits per heavy atom. The Hall–Kier alpha value is -1.92. The number of amides is 1. The lowest BCUT2D eigenvalue weighted by Gasteiger charge is -2.10. The second kappa shape index (κ2) is 6.02. The van der Waals surface area contributed by atoms with E-state index in [0.29, 0.717) is 6.54 Å². The van der Waals surface area contributed by atoms with Crippen molar-refractivity contribution in [1.82, 2.24) is 9.99 Å². The first-order valence-electron chi connectivity index (χ1n) is 6.26. The maximum absolute atomic E-state index is 11.9. The van der Waals surface area contributed by atoms with Crippen molar-refractivity contribution in [1.29, 1.82) is 0 Å². The molecule has 0 aliphatic carbocycles. The molecule has 1 aromatic heterocycles. The largest absolute Gasteiger partial charge is 0.307 e. The van der Waals surface area contributed by atoms with Gasteiger partial charge < -0.3 is 0 Å². The van der Waals surface area contributed by atoms with Gasteiger partial charge in [0.25, 0.3) is 0 Å². The lowest BCUT2D eigenvalue weighted by atomic mass is 10.0. The molecule has 0 saturated carbocycles. The second-order valence-corrected chi connectivity index (χ2v) is 5.77. The Morgan fingerprint density at radius 1 is 1.30 bits per heavy atom. The van der Waals surface area contributed by atoms with E-state index in [1.165, 1.54) is 11.3 Å². The quantitative estimate of drug-likeness (QED) is 0.503. The molecular weight excluding hydrogens is 274 g/mol. The van der Waals surface area contributed by atoms with E-state index in [1.807, 2.05) is 38.1 Å². The second-order valence-electron chi connectivity index (χ2n) is 4.61. The number of nitrogens with zero attached hydrogens (tertiary/aromatic N) is 1. The summed E-state index contributed by atoms with van der Waals surface area (Å²) in [6, 6.07) is 7.58. The van der Waals surface area contributed by atoms with Gasteiger partial charge in [0.15, 0.2) is 0 Å². The van der Waals surface area contributed by atoms with E-state index in [-0.39, 0.29) is 17.2 Å². The minimum atomic E-state index is -0.247. The molecule has 0 atom stereocenters. The molecule has 0 aliphatic heterocycles. The molecular formula is C14H17N3O2S. The molecule has 2 rings (SSSR count). The minimum absolute atomic E-state index is 0.0260. The van der Waals surface area contributed by atoms with Gasteiger partial charge in [-0.05, 0) is 25.0 Å². The summed E-state index contributed by atoms with van der Waals surface area (Å²) in [6.45, 7) is 4.34. The van der Waals surface area contributed by atoms with Gasteiger partial charge in [0.05, 0.1) is 13.0 Å². The average molecular weight is 291 g/mol. The Morgan fingerprint density at radius 3 is 2.50 bits per heavy atom. The first kappa shape index (κ1) is 14.5. The number of hydrogen-bond acceptors (Lipinski definition) is 4. The van der Waals surface area contributed by atoms with Crippen molar-refractivity contribution in [2.45, 2.75) is 26.8 Å². The number of rotatable bonds is 4. The van der Waals surface area contributed by atoms with Gasteiger partial charge in [-0.2, -0.15) is 0 Å². The third-order valence-corrected chi connectivity index (χ3v) is 4.33.